The van der Waals surface area contributed by atoms with Gasteiger partial charge in [0.15, 0.2) is 0 Å². The predicted molar refractivity (Wildman–Crippen MR) is 101 cm³/mol. The standard InChI is InChI=1S/C18H39NO9/c1-10-23-16(20-7)26-13(4)19(14(5)27-17(21-8)24-11-2)15(6)28-18(22-9)25-12-3/h13-18H,10-12H2,1-9H3. The van der Waals surface area contributed by atoms with Crippen LogP contribution in [0, 0.1) is 0 Å². The van der Waals surface area contributed by atoms with Gasteiger partial charge in [-0.25, -0.2) is 4.90 Å². The number of rotatable bonds is 18. The third-order valence-electron chi connectivity index (χ3n) is 3.67. The molecule has 0 saturated heterocycles. The van der Waals surface area contributed by atoms with Crippen LogP contribution >= 0.6 is 0 Å². The van der Waals surface area contributed by atoms with Gasteiger partial charge >= 0.3 is 0 Å². The van der Waals surface area contributed by atoms with E-state index in [1.54, 1.807) is 4.90 Å². The molecule has 0 saturated carbocycles. The van der Waals surface area contributed by atoms with E-state index in [2.05, 4.69) is 0 Å². The molecule has 0 radical (unpaired) electrons. The zero-order valence-electron chi connectivity index (χ0n) is 18.7. The van der Waals surface area contributed by atoms with Crippen LogP contribution in [0.25, 0.3) is 0 Å². The minimum atomic E-state index is -0.836. The van der Waals surface area contributed by atoms with E-state index in [0.29, 0.717) is 19.8 Å². The Bertz CT molecular complexity index is 312. The van der Waals surface area contributed by atoms with E-state index in [4.69, 9.17) is 42.6 Å². The van der Waals surface area contributed by atoms with Gasteiger partial charge in [0.1, 0.15) is 18.7 Å². The molecule has 0 bridgehead atoms. The molecule has 6 unspecified atom stereocenters. The highest BCUT2D eigenvalue weighted by Crippen LogP contribution is 2.19. The maximum Gasteiger partial charge on any atom is 0.272 e. The van der Waals surface area contributed by atoms with Crippen LogP contribution in [0.15, 0.2) is 0 Å². The Morgan fingerprint density at radius 2 is 0.786 bits per heavy atom. The molecule has 0 aliphatic rings. The molecule has 0 spiro atoms. The Kier molecular flexibility index (Phi) is 16.2. The average molecular weight is 414 g/mol. The van der Waals surface area contributed by atoms with Crippen LogP contribution in [0.4, 0.5) is 0 Å². The molecule has 6 atom stereocenters. The lowest BCUT2D eigenvalue weighted by Gasteiger charge is -2.40. The highest BCUT2D eigenvalue weighted by molar-refractivity contribution is 4.65. The molecule has 170 valence electrons. The second-order valence-electron chi connectivity index (χ2n) is 5.59. The monoisotopic (exact) mass is 413 g/mol. The Hall–Kier alpha value is -0.400. The van der Waals surface area contributed by atoms with Crippen LogP contribution < -0.4 is 0 Å². The fraction of sp³-hybridized carbons (Fsp3) is 1.00. The molecule has 0 N–H and O–H groups in total. The molecule has 0 fully saturated rings. The smallest absolute Gasteiger partial charge is 0.272 e. The van der Waals surface area contributed by atoms with Crippen LogP contribution in [0.1, 0.15) is 41.5 Å². The fourth-order valence-electron chi connectivity index (χ4n) is 2.48. The molecule has 0 aromatic rings. The first-order valence-corrected chi connectivity index (χ1v) is 9.55. The Morgan fingerprint density at radius 3 is 0.964 bits per heavy atom. The largest absolute Gasteiger partial charge is 0.333 e. The third-order valence-corrected chi connectivity index (χ3v) is 3.67. The molecular weight excluding hydrogens is 374 g/mol. The number of ether oxygens (including phenoxy) is 9. The summed E-state index contributed by atoms with van der Waals surface area (Å²) in [6.07, 6.45) is -1.54. The average Bonchev–Trinajstić information content (AvgIpc) is 2.66. The molecular formula is C18H39NO9. The summed E-state index contributed by atoms with van der Waals surface area (Å²) < 4.78 is 49.4. The third kappa shape index (κ3) is 10.4. The minimum absolute atomic E-state index is 0.440. The fourth-order valence-corrected chi connectivity index (χ4v) is 2.48. The molecule has 0 aliphatic heterocycles. The van der Waals surface area contributed by atoms with Gasteiger partial charge in [-0.3, -0.25) is 0 Å². The van der Waals surface area contributed by atoms with Crippen LogP contribution in [-0.4, -0.2) is 84.2 Å². The van der Waals surface area contributed by atoms with Gasteiger partial charge in [0, 0.05) is 41.2 Å². The second kappa shape index (κ2) is 16.4. The summed E-state index contributed by atoms with van der Waals surface area (Å²) in [7, 11) is 4.51. The molecule has 0 aliphatic carbocycles. The normalized spacial score (nSPS) is 18.6. The summed E-state index contributed by atoms with van der Waals surface area (Å²) in [5, 5.41) is 0. The lowest BCUT2D eigenvalue weighted by atomic mass is 10.4. The van der Waals surface area contributed by atoms with Gasteiger partial charge in [-0.1, -0.05) is 0 Å². The van der Waals surface area contributed by atoms with Crippen molar-refractivity contribution in [3.63, 3.8) is 0 Å². The van der Waals surface area contributed by atoms with Crippen molar-refractivity contribution in [2.24, 2.45) is 0 Å². The van der Waals surface area contributed by atoms with Crippen molar-refractivity contribution in [3.05, 3.63) is 0 Å². The first-order chi connectivity index (χ1) is 13.4. The highest BCUT2D eigenvalue weighted by atomic mass is 16.9. The quantitative estimate of drug-likeness (QED) is 0.312. The zero-order valence-corrected chi connectivity index (χ0v) is 18.7. The maximum absolute atomic E-state index is 5.85. The molecule has 28 heavy (non-hydrogen) atoms. The summed E-state index contributed by atoms with van der Waals surface area (Å²) in [4.78, 5) is 1.81. The molecule has 10 heteroatoms. The summed E-state index contributed by atoms with van der Waals surface area (Å²) >= 11 is 0. The summed E-state index contributed by atoms with van der Waals surface area (Å²) in [6, 6.07) is 0. The minimum Gasteiger partial charge on any atom is -0.333 e. The lowest BCUT2D eigenvalue weighted by molar-refractivity contribution is -0.376. The lowest BCUT2D eigenvalue weighted by Crippen LogP contribution is -2.53. The second-order valence-corrected chi connectivity index (χ2v) is 5.59. The number of methoxy groups -OCH3 is 3. The molecule has 0 aromatic heterocycles. The van der Waals surface area contributed by atoms with E-state index in [1.165, 1.54) is 21.3 Å². The van der Waals surface area contributed by atoms with Crippen LogP contribution in [-0.2, 0) is 42.6 Å². The Labute approximate surface area is 169 Å². The Morgan fingerprint density at radius 1 is 0.536 bits per heavy atom. The maximum atomic E-state index is 5.85. The van der Waals surface area contributed by atoms with Crippen LogP contribution in [0.5, 0.6) is 0 Å². The van der Waals surface area contributed by atoms with E-state index in [9.17, 15) is 0 Å². The summed E-state index contributed by atoms with van der Waals surface area (Å²) in [5.41, 5.74) is 0. The molecule has 0 heterocycles. The summed E-state index contributed by atoms with van der Waals surface area (Å²) in [6.45, 7) is 9.86. The first-order valence-electron chi connectivity index (χ1n) is 9.55. The van der Waals surface area contributed by atoms with E-state index in [-0.39, 0.29) is 0 Å². The first kappa shape index (κ1) is 27.6. The van der Waals surface area contributed by atoms with Gasteiger partial charge < -0.3 is 42.6 Å². The van der Waals surface area contributed by atoms with E-state index in [1.807, 2.05) is 41.5 Å². The van der Waals surface area contributed by atoms with E-state index in [0.717, 1.165) is 0 Å². The van der Waals surface area contributed by atoms with Gasteiger partial charge in [-0.2, -0.15) is 0 Å². The molecule has 0 rings (SSSR count). The molecule has 10 nitrogen and oxygen atoms in total. The van der Waals surface area contributed by atoms with Gasteiger partial charge in [0.2, 0.25) is 0 Å². The van der Waals surface area contributed by atoms with Crippen molar-refractivity contribution in [2.75, 3.05) is 41.2 Å². The highest BCUT2D eigenvalue weighted by Gasteiger charge is 2.32. The van der Waals surface area contributed by atoms with Crippen LogP contribution in [0.3, 0.4) is 0 Å². The van der Waals surface area contributed by atoms with Crippen molar-refractivity contribution in [3.8, 4) is 0 Å². The number of hydrogen-bond acceptors (Lipinski definition) is 10. The van der Waals surface area contributed by atoms with E-state index < -0.39 is 38.1 Å². The Balaban J connectivity index is 5.31. The van der Waals surface area contributed by atoms with E-state index >= 15 is 0 Å². The SMILES string of the molecule is CCOC(OC)OC(C)N(C(C)OC(OC)OCC)C(C)OC(OC)OCC. The van der Waals surface area contributed by atoms with Crippen LogP contribution in [0.2, 0.25) is 0 Å². The van der Waals surface area contributed by atoms with Crippen molar-refractivity contribution in [1.29, 1.82) is 0 Å². The van der Waals surface area contributed by atoms with Gasteiger partial charge in [-0.15, -0.1) is 0 Å². The van der Waals surface area contributed by atoms with Crippen molar-refractivity contribution in [1.82, 2.24) is 4.90 Å². The zero-order chi connectivity index (χ0) is 21.5. The van der Waals surface area contributed by atoms with Gasteiger partial charge in [0.05, 0.1) is 0 Å². The predicted octanol–water partition coefficient (Wildman–Crippen LogP) is 2.28. The van der Waals surface area contributed by atoms with Crippen molar-refractivity contribution < 1.29 is 42.6 Å². The van der Waals surface area contributed by atoms with Gasteiger partial charge in [-0.05, 0) is 41.5 Å². The number of nitrogens with zero attached hydrogens (tertiary/aromatic N) is 1. The van der Waals surface area contributed by atoms with Crippen molar-refractivity contribution in [2.45, 2.75) is 79.7 Å². The molecule has 0 aromatic carbocycles. The van der Waals surface area contributed by atoms with Crippen molar-refractivity contribution >= 4 is 0 Å². The summed E-state index contributed by atoms with van der Waals surface area (Å²) in [5.74, 6) is 0. The number of hydrogen-bond donors (Lipinski definition) is 0. The topological polar surface area (TPSA) is 86.3 Å². The molecule has 0 amide bonds. The van der Waals surface area contributed by atoms with Gasteiger partial charge in [0.25, 0.3) is 19.4 Å².